The number of amides is 3. The van der Waals surface area contributed by atoms with Crippen LogP contribution in [0.1, 0.15) is 24.5 Å². The van der Waals surface area contributed by atoms with Crippen molar-refractivity contribution in [3.63, 3.8) is 0 Å². The Labute approximate surface area is 198 Å². The van der Waals surface area contributed by atoms with Crippen molar-refractivity contribution in [1.82, 2.24) is 24.7 Å². The Morgan fingerprint density at radius 2 is 1.88 bits per heavy atom. The van der Waals surface area contributed by atoms with Crippen molar-refractivity contribution in [2.45, 2.75) is 32.5 Å². The van der Waals surface area contributed by atoms with Crippen molar-refractivity contribution in [3.8, 4) is 5.75 Å². The number of methoxy groups -OCH3 is 1. The number of hydrogen-bond donors (Lipinski definition) is 1. The maximum absolute atomic E-state index is 12.3. The molecule has 0 spiro atoms. The molecule has 2 aliphatic heterocycles. The van der Waals surface area contributed by atoms with E-state index in [4.69, 9.17) is 4.74 Å². The van der Waals surface area contributed by atoms with Gasteiger partial charge in [-0.05, 0) is 42.3 Å². The van der Waals surface area contributed by atoms with Crippen LogP contribution in [0.2, 0.25) is 0 Å². The zero-order chi connectivity index (χ0) is 23.7. The topological polar surface area (TPSA) is 82.4 Å². The highest BCUT2D eigenvalue weighted by Gasteiger charge is 2.27. The van der Waals surface area contributed by atoms with Gasteiger partial charge in [0.2, 0.25) is 5.91 Å². The number of imide groups is 1. The van der Waals surface area contributed by atoms with Crippen LogP contribution in [0.15, 0.2) is 48.8 Å². The van der Waals surface area contributed by atoms with E-state index >= 15 is 0 Å². The number of ether oxygens (including phenoxy) is 1. The van der Waals surface area contributed by atoms with Crippen molar-refractivity contribution in [1.29, 1.82) is 0 Å². The molecule has 2 saturated heterocycles. The van der Waals surface area contributed by atoms with Gasteiger partial charge in [-0.3, -0.25) is 24.8 Å². The van der Waals surface area contributed by atoms with Crippen LogP contribution in [0.4, 0.5) is 10.5 Å². The van der Waals surface area contributed by atoms with Gasteiger partial charge >= 0.3 is 6.03 Å². The highest BCUT2D eigenvalue weighted by Crippen LogP contribution is 2.25. The van der Waals surface area contributed by atoms with E-state index < -0.39 is 6.03 Å². The molecule has 0 saturated carbocycles. The zero-order valence-corrected chi connectivity index (χ0v) is 19.6. The Morgan fingerprint density at radius 3 is 2.62 bits per heavy atom. The first-order valence-electron chi connectivity index (χ1n) is 11.7. The third-order valence-corrected chi connectivity index (χ3v) is 6.71. The summed E-state index contributed by atoms with van der Waals surface area (Å²) >= 11 is 0. The summed E-state index contributed by atoms with van der Waals surface area (Å²) in [6.45, 7) is 7.42. The maximum atomic E-state index is 12.3. The minimum atomic E-state index is -0.390. The van der Waals surface area contributed by atoms with Gasteiger partial charge < -0.3 is 4.74 Å². The summed E-state index contributed by atoms with van der Waals surface area (Å²) in [5, 5.41) is 6.78. The van der Waals surface area contributed by atoms with E-state index in [0.717, 1.165) is 49.7 Å². The maximum Gasteiger partial charge on any atom is 0.328 e. The average molecular weight is 463 g/mol. The number of carbonyl (C=O) groups is 2. The standard InChI is InChI=1S/C25H30N6O3/c1-18-15-28(11-12-29(18)17-19-3-5-21(34-2)6-4-19)16-20-7-10-31-22(13-20)23(14-26-31)30-9-8-24(32)27-25(30)33/h3-7,10,13-14,18H,8-9,11-12,15-17H2,1-2H3,(H,27,32,33)/t18-/m0/s1. The number of aromatic nitrogens is 2. The lowest BCUT2D eigenvalue weighted by Gasteiger charge is -2.40. The van der Waals surface area contributed by atoms with Gasteiger partial charge in [-0.15, -0.1) is 0 Å². The third-order valence-electron chi connectivity index (χ3n) is 6.71. The molecule has 9 nitrogen and oxygen atoms in total. The number of anilines is 1. The molecular formula is C25H30N6O3. The Bertz CT molecular complexity index is 1190. The Balaban J connectivity index is 1.24. The van der Waals surface area contributed by atoms with Gasteiger partial charge in [-0.1, -0.05) is 12.1 Å². The molecule has 1 atom stereocenters. The largest absolute Gasteiger partial charge is 0.497 e. The van der Waals surface area contributed by atoms with Gasteiger partial charge in [-0.25, -0.2) is 9.31 Å². The fourth-order valence-electron chi connectivity index (χ4n) is 4.78. The van der Waals surface area contributed by atoms with Crippen LogP contribution in [0, 0.1) is 0 Å². The third kappa shape index (κ3) is 4.62. The number of carbonyl (C=O) groups excluding carboxylic acids is 2. The molecule has 0 bridgehead atoms. The molecule has 5 rings (SSSR count). The molecule has 2 aromatic heterocycles. The van der Waals surface area contributed by atoms with Crippen LogP contribution >= 0.6 is 0 Å². The number of pyridine rings is 1. The molecule has 178 valence electrons. The number of urea groups is 1. The normalized spacial score (nSPS) is 20.1. The summed E-state index contributed by atoms with van der Waals surface area (Å²) in [6, 6.07) is 12.5. The van der Waals surface area contributed by atoms with Gasteiger partial charge in [0.05, 0.1) is 24.5 Å². The number of fused-ring (bicyclic) bond motifs is 1. The Morgan fingerprint density at radius 1 is 1.06 bits per heavy atom. The molecule has 4 heterocycles. The lowest BCUT2D eigenvalue weighted by atomic mass is 10.1. The van der Waals surface area contributed by atoms with E-state index in [9.17, 15) is 9.59 Å². The fourth-order valence-corrected chi connectivity index (χ4v) is 4.78. The van der Waals surface area contributed by atoms with Crippen molar-refractivity contribution >= 4 is 23.1 Å². The average Bonchev–Trinajstić information content (AvgIpc) is 3.24. The van der Waals surface area contributed by atoms with Crippen LogP contribution in [0.5, 0.6) is 5.75 Å². The molecule has 9 heteroatoms. The number of nitrogens with zero attached hydrogens (tertiary/aromatic N) is 5. The second-order valence-corrected chi connectivity index (χ2v) is 9.05. The molecule has 2 aliphatic rings. The summed E-state index contributed by atoms with van der Waals surface area (Å²) in [5.41, 5.74) is 4.07. The van der Waals surface area contributed by atoms with E-state index in [-0.39, 0.29) is 5.91 Å². The van der Waals surface area contributed by atoms with E-state index in [1.54, 1.807) is 22.7 Å². The first kappa shape index (κ1) is 22.4. The van der Waals surface area contributed by atoms with Crippen LogP contribution in [-0.4, -0.2) is 70.7 Å². The van der Waals surface area contributed by atoms with Crippen LogP contribution in [0.25, 0.3) is 5.52 Å². The van der Waals surface area contributed by atoms with Crippen molar-refractivity contribution in [3.05, 3.63) is 59.9 Å². The van der Waals surface area contributed by atoms with Crippen LogP contribution < -0.4 is 15.0 Å². The minimum absolute atomic E-state index is 0.237. The summed E-state index contributed by atoms with van der Waals surface area (Å²) in [7, 11) is 1.69. The number of piperazine rings is 1. The number of hydrogen-bond acceptors (Lipinski definition) is 6. The number of benzene rings is 1. The van der Waals surface area contributed by atoms with Gasteiger partial charge in [0.15, 0.2) is 0 Å². The molecule has 1 N–H and O–H groups in total. The molecule has 0 radical (unpaired) electrons. The second kappa shape index (κ2) is 9.44. The molecule has 1 aromatic carbocycles. The van der Waals surface area contributed by atoms with E-state index in [1.807, 2.05) is 18.3 Å². The molecule has 3 aromatic rings. The van der Waals surface area contributed by atoms with Crippen molar-refractivity contribution in [2.24, 2.45) is 0 Å². The quantitative estimate of drug-likeness (QED) is 0.606. The summed E-state index contributed by atoms with van der Waals surface area (Å²) in [6.07, 6.45) is 3.92. The van der Waals surface area contributed by atoms with Crippen LogP contribution in [-0.2, 0) is 17.9 Å². The number of nitrogens with one attached hydrogen (secondary N) is 1. The first-order valence-corrected chi connectivity index (χ1v) is 11.7. The predicted octanol–water partition coefficient (Wildman–Crippen LogP) is 2.50. The predicted molar refractivity (Wildman–Crippen MR) is 129 cm³/mol. The second-order valence-electron chi connectivity index (χ2n) is 9.05. The summed E-state index contributed by atoms with van der Waals surface area (Å²) in [4.78, 5) is 30.4. The lowest BCUT2D eigenvalue weighted by Crippen LogP contribution is -2.50. The van der Waals surface area contributed by atoms with Gasteiger partial charge in [0, 0.05) is 57.9 Å². The molecule has 34 heavy (non-hydrogen) atoms. The minimum Gasteiger partial charge on any atom is -0.497 e. The lowest BCUT2D eigenvalue weighted by molar-refractivity contribution is -0.120. The SMILES string of the molecule is COc1ccc(CN2CCN(Cc3ccn4ncc(N5CCC(=O)NC5=O)c4c3)C[C@@H]2C)cc1. The van der Waals surface area contributed by atoms with Gasteiger partial charge in [0.25, 0.3) is 0 Å². The monoisotopic (exact) mass is 462 g/mol. The molecule has 0 aliphatic carbocycles. The highest BCUT2D eigenvalue weighted by molar-refractivity contribution is 6.07. The zero-order valence-electron chi connectivity index (χ0n) is 19.6. The molecular weight excluding hydrogens is 432 g/mol. The van der Waals surface area contributed by atoms with Crippen LogP contribution in [0.3, 0.4) is 0 Å². The van der Waals surface area contributed by atoms with E-state index in [1.165, 1.54) is 11.1 Å². The smallest absolute Gasteiger partial charge is 0.328 e. The van der Waals surface area contributed by atoms with E-state index in [2.05, 4.69) is 51.4 Å². The molecule has 3 amide bonds. The first-order chi connectivity index (χ1) is 16.5. The Hall–Kier alpha value is -3.43. The number of rotatable bonds is 6. The Kier molecular flexibility index (Phi) is 6.21. The summed E-state index contributed by atoms with van der Waals surface area (Å²) in [5.74, 6) is 0.646. The van der Waals surface area contributed by atoms with E-state index in [0.29, 0.717) is 19.0 Å². The van der Waals surface area contributed by atoms with Crippen molar-refractivity contribution < 1.29 is 14.3 Å². The highest BCUT2D eigenvalue weighted by atomic mass is 16.5. The van der Waals surface area contributed by atoms with Gasteiger partial charge in [-0.2, -0.15) is 5.10 Å². The summed E-state index contributed by atoms with van der Waals surface area (Å²) < 4.78 is 7.04. The van der Waals surface area contributed by atoms with Gasteiger partial charge in [0.1, 0.15) is 5.75 Å². The molecule has 0 unspecified atom stereocenters. The molecule has 2 fully saturated rings. The fraction of sp³-hybridized carbons (Fsp3) is 0.400. The van der Waals surface area contributed by atoms with Crippen molar-refractivity contribution in [2.75, 3.05) is 38.2 Å².